The smallest absolute Gasteiger partial charge is 0.145 e. The fraction of sp³-hybridized carbons (Fsp3) is 0.400. The Bertz CT molecular complexity index is 683. The molecule has 126 valence electrons. The van der Waals surface area contributed by atoms with Gasteiger partial charge in [0.25, 0.3) is 0 Å². The van der Waals surface area contributed by atoms with Crippen molar-refractivity contribution in [3.63, 3.8) is 0 Å². The van der Waals surface area contributed by atoms with Crippen molar-refractivity contribution in [1.82, 2.24) is 5.32 Å². The average Bonchev–Trinajstić information content (AvgIpc) is 2.63. The van der Waals surface area contributed by atoms with Crippen LogP contribution >= 0.6 is 0 Å². The number of ether oxygens (including phenoxy) is 1. The average molecular weight is 323 g/mol. The van der Waals surface area contributed by atoms with E-state index in [0.717, 1.165) is 45.0 Å². The van der Waals surface area contributed by atoms with E-state index < -0.39 is 0 Å². The van der Waals surface area contributed by atoms with E-state index in [1.807, 2.05) is 0 Å². The van der Waals surface area contributed by atoms with Gasteiger partial charge in [0.1, 0.15) is 11.9 Å². The van der Waals surface area contributed by atoms with Crippen molar-refractivity contribution < 1.29 is 4.74 Å². The topological polar surface area (TPSA) is 27.7 Å². The fourth-order valence-corrected chi connectivity index (χ4v) is 3.59. The van der Waals surface area contributed by atoms with E-state index in [4.69, 9.17) is 4.74 Å². The first-order chi connectivity index (χ1) is 11.8. The maximum atomic E-state index is 6.15. The van der Waals surface area contributed by atoms with Crippen molar-refractivity contribution in [2.75, 3.05) is 42.5 Å². The molecule has 2 aliphatic rings. The van der Waals surface area contributed by atoms with E-state index >= 15 is 0 Å². The molecule has 4 rings (SSSR count). The van der Waals surface area contributed by atoms with Crippen LogP contribution in [0.1, 0.15) is 12.5 Å². The Morgan fingerprint density at radius 3 is 2.67 bits per heavy atom. The lowest BCUT2D eigenvalue weighted by atomic mass is 10.1. The number of piperazine rings is 1. The summed E-state index contributed by atoms with van der Waals surface area (Å²) in [5.74, 6) is 1.01. The summed E-state index contributed by atoms with van der Waals surface area (Å²) in [5, 5.41) is 3.41. The second kappa shape index (κ2) is 6.73. The molecule has 4 nitrogen and oxygen atoms in total. The molecule has 0 bridgehead atoms. The van der Waals surface area contributed by atoms with Gasteiger partial charge in [-0.1, -0.05) is 30.3 Å². The minimum atomic E-state index is 0.208. The van der Waals surface area contributed by atoms with Gasteiger partial charge in [0, 0.05) is 44.5 Å². The molecule has 1 saturated heterocycles. The van der Waals surface area contributed by atoms with Crippen molar-refractivity contribution in [2.45, 2.75) is 19.6 Å². The van der Waals surface area contributed by atoms with Gasteiger partial charge in [-0.05, 0) is 24.6 Å². The molecule has 2 aliphatic heterocycles. The number of rotatable bonds is 3. The Labute approximate surface area is 144 Å². The number of hydrogen-bond donors (Lipinski definition) is 1. The first-order valence-electron chi connectivity index (χ1n) is 8.85. The highest BCUT2D eigenvalue weighted by atomic mass is 16.5. The molecule has 1 N–H and O–H groups in total. The number of nitrogens with one attached hydrogen (secondary N) is 1. The van der Waals surface area contributed by atoms with Crippen LogP contribution in [0, 0.1) is 0 Å². The molecule has 0 aliphatic carbocycles. The predicted molar refractivity (Wildman–Crippen MR) is 99.1 cm³/mol. The highest BCUT2D eigenvalue weighted by molar-refractivity contribution is 5.67. The van der Waals surface area contributed by atoms with Crippen LogP contribution in [0.3, 0.4) is 0 Å². The molecule has 0 amide bonds. The molecule has 1 fully saturated rings. The molecule has 0 aromatic heterocycles. The maximum absolute atomic E-state index is 6.15. The molecule has 4 heteroatoms. The molecular formula is C20H25N3O. The summed E-state index contributed by atoms with van der Waals surface area (Å²) in [6.45, 7) is 8.22. The summed E-state index contributed by atoms with van der Waals surface area (Å²) < 4.78 is 6.15. The van der Waals surface area contributed by atoms with Crippen LogP contribution in [0.15, 0.2) is 48.5 Å². The normalized spacial score (nSPS) is 20.5. The van der Waals surface area contributed by atoms with Gasteiger partial charge in [-0.15, -0.1) is 0 Å². The maximum Gasteiger partial charge on any atom is 0.145 e. The molecule has 2 heterocycles. The highest BCUT2D eigenvalue weighted by Crippen LogP contribution is 2.37. The number of anilines is 2. The van der Waals surface area contributed by atoms with Gasteiger partial charge in [0.05, 0.1) is 12.2 Å². The van der Waals surface area contributed by atoms with Gasteiger partial charge in [-0.2, -0.15) is 0 Å². The van der Waals surface area contributed by atoms with Gasteiger partial charge < -0.3 is 19.9 Å². The van der Waals surface area contributed by atoms with Crippen LogP contribution in [0.2, 0.25) is 0 Å². The van der Waals surface area contributed by atoms with Gasteiger partial charge in [0.2, 0.25) is 0 Å². The largest absolute Gasteiger partial charge is 0.487 e. The van der Waals surface area contributed by atoms with Gasteiger partial charge in [-0.25, -0.2) is 0 Å². The zero-order valence-electron chi connectivity index (χ0n) is 14.2. The molecule has 0 radical (unpaired) electrons. The molecule has 1 atom stereocenters. The minimum Gasteiger partial charge on any atom is -0.487 e. The van der Waals surface area contributed by atoms with Crippen molar-refractivity contribution in [2.24, 2.45) is 0 Å². The third-order valence-electron chi connectivity index (χ3n) is 4.79. The second-order valence-electron chi connectivity index (χ2n) is 6.68. The number of hydrogen-bond acceptors (Lipinski definition) is 4. The van der Waals surface area contributed by atoms with E-state index in [1.165, 1.54) is 16.9 Å². The lowest BCUT2D eigenvalue weighted by Gasteiger charge is -2.36. The number of nitrogens with zero attached hydrogens (tertiary/aromatic N) is 2. The Morgan fingerprint density at radius 2 is 1.88 bits per heavy atom. The molecule has 2 aromatic carbocycles. The van der Waals surface area contributed by atoms with E-state index in [0.29, 0.717) is 0 Å². The molecule has 24 heavy (non-hydrogen) atoms. The highest BCUT2D eigenvalue weighted by Gasteiger charge is 2.24. The second-order valence-corrected chi connectivity index (χ2v) is 6.68. The SMILES string of the molecule is CC1CN(Cc2ccccc2)c2ccc(N3CCNCC3)cc2O1. The van der Waals surface area contributed by atoms with Crippen LogP contribution in [-0.4, -0.2) is 38.8 Å². The molecule has 1 unspecified atom stereocenters. The first-order valence-corrected chi connectivity index (χ1v) is 8.85. The zero-order chi connectivity index (χ0) is 16.4. The summed E-state index contributed by atoms with van der Waals surface area (Å²) in [6.07, 6.45) is 0.208. The van der Waals surface area contributed by atoms with E-state index in [9.17, 15) is 0 Å². The van der Waals surface area contributed by atoms with Crippen LogP contribution in [0.5, 0.6) is 5.75 Å². The van der Waals surface area contributed by atoms with Crippen LogP contribution < -0.4 is 19.9 Å². The molecular weight excluding hydrogens is 298 g/mol. The quantitative estimate of drug-likeness (QED) is 0.940. The van der Waals surface area contributed by atoms with Crippen molar-refractivity contribution in [1.29, 1.82) is 0 Å². The van der Waals surface area contributed by atoms with Crippen molar-refractivity contribution in [3.05, 3.63) is 54.1 Å². The lowest BCUT2D eigenvalue weighted by molar-refractivity contribution is 0.212. The minimum absolute atomic E-state index is 0.208. The summed E-state index contributed by atoms with van der Waals surface area (Å²) in [7, 11) is 0. The van der Waals surface area contributed by atoms with E-state index in [1.54, 1.807) is 0 Å². The zero-order valence-corrected chi connectivity index (χ0v) is 14.2. The Balaban J connectivity index is 1.59. The number of fused-ring (bicyclic) bond motifs is 1. The Kier molecular flexibility index (Phi) is 4.30. The predicted octanol–water partition coefficient (Wildman–Crippen LogP) is 2.88. The van der Waals surface area contributed by atoms with E-state index in [2.05, 4.69) is 70.6 Å². The summed E-state index contributed by atoms with van der Waals surface area (Å²) in [5.41, 5.74) is 3.81. The van der Waals surface area contributed by atoms with Crippen LogP contribution in [0.25, 0.3) is 0 Å². The summed E-state index contributed by atoms with van der Waals surface area (Å²) in [4.78, 5) is 4.86. The molecule has 2 aromatic rings. The Morgan fingerprint density at radius 1 is 1.08 bits per heavy atom. The van der Waals surface area contributed by atoms with Gasteiger partial charge in [-0.3, -0.25) is 0 Å². The molecule has 0 spiro atoms. The fourth-order valence-electron chi connectivity index (χ4n) is 3.59. The summed E-state index contributed by atoms with van der Waals surface area (Å²) in [6, 6.07) is 17.3. The monoisotopic (exact) mass is 323 g/mol. The number of benzene rings is 2. The molecule has 0 saturated carbocycles. The first kappa shape index (κ1) is 15.3. The summed E-state index contributed by atoms with van der Waals surface area (Å²) >= 11 is 0. The standard InChI is InChI=1S/C20H25N3O/c1-16-14-23(15-17-5-3-2-4-6-17)19-8-7-18(13-20(19)24-16)22-11-9-21-10-12-22/h2-8,13,16,21H,9-12,14-15H2,1H3. The van der Waals surface area contributed by atoms with Crippen molar-refractivity contribution >= 4 is 11.4 Å². The van der Waals surface area contributed by atoms with Crippen molar-refractivity contribution in [3.8, 4) is 5.75 Å². The third-order valence-corrected chi connectivity index (χ3v) is 4.79. The van der Waals surface area contributed by atoms with Gasteiger partial charge >= 0.3 is 0 Å². The van der Waals surface area contributed by atoms with Gasteiger partial charge in [0.15, 0.2) is 0 Å². The van der Waals surface area contributed by atoms with E-state index in [-0.39, 0.29) is 6.10 Å². The van der Waals surface area contributed by atoms with Crippen LogP contribution in [0.4, 0.5) is 11.4 Å². The third kappa shape index (κ3) is 3.20. The van der Waals surface area contributed by atoms with Crippen LogP contribution in [-0.2, 0) is 6.54 Å². The lowest BCUT2D eigenvalue weighted by Crippen LogP contribution is -2.43. The Hall–Kier alpha value is -2.20.